The van der Waals surface area contributed by atoms with E-state index in [0.717, 1.165) is 30.9 Å². The van der Waals surface area contributed by atoms with Crippen LogP contribution >= 0.6 is 0 Å². The van der Waals surface area contributed by atoms with E-state index < -0.39 is 0 Å². The zero-order valence-corrected chi connectivity index (χ0v) is 11.0. The third kappa shape index (κ3) is 2.90. The van der Waals surface area contributed by atoms with Gasteiger partial charge in [0.05, 0.1) is 6.61 Å². The Morgan fingerprint density at radius 3 is 2.74 bits per heavy atom. The molecule has 0 atom stereocenters. The molecule has 0 aliphatic carbocycles. The van der Waals surface area contributed by atoms with Crippen LogP contribution in [0.4, 0.5) is 0 Å². The number of hydrogen-bond acceptors (Lipinski definition) is 2. The minimum Gasteiger partial charge on any atom is -0.489 e. The first-order valence-electron chi connectivity index (χ1n) is 6.85. The van der Waals surface area contributed by atoms with Gasteiger partial charge in [-0.2, -0.15) is 0 Å². The molecule has 0 amide bonds. The van der Waals surface area contributed by atoms with Gasteiger partial charge in [0.25, 0.3) is 0 Å². The molecule has 98 valence electrons. The lowest BCUT2D eigenvalue weighted by atomic mass is 10.1. The molecule has 2 heteroatoms. The number of rotatable bonds is 3. The topological polar surface area (TPSA) is 18.5 Å². The van der Waals surface area contributed by atoms with Gasteiger partial charge in [0.1, 0.15) is 6.61 Å². The minimum absolute atomic E-state index is 0.584. The van der Waals surface area contributed by atoms with Crippen molar-refractivity contribution in [2.45, 2.75) is 25.9 Å². The first kappa shape index (κ1) is 12.1. The Hall–Kier alpha value is -1.96. The molecule has 0 fully saturated rings. The van der Waals surface area contributed by atoms with Gasteiger partial charge in [-0.05, 0) is 36.5 Å². The van der Waals surface area contributed by atoms with Crippen LogP contribution in [0.15, 0.2) is 48.5 Å². The Morgan fingerprint density at radius 1 is 0.947 bits per heavy atom. The van der Waals surface area contributed by atoms with Crippen molar-refractivity contribution in [1.82, 2.24) is 0 Å². The Labute approximate surface area is 114 Å². The largest absolute Gasteiger partial charge is 0.489 e. The van der Waals surface area contributed by atoms with Crippen LogP contribution in [0.1, 0.15) is 24.0 Å². The second kappa shape index (κ2) is 5.79. The van der Waals surface area contributed by atoms with Crippen molar-refractivity contribution in [2.24, 2.45) is 0 Å². The SMILES string of the molecule is c1ccc(COc2cccc3c2OCCCC3)cc1. The molecule has 0 unspecified atom stereocenters. The fourth-order valence-electron chi connectivity index (χ4n) is 2.36. The van der Waals surface area contributed by atoms with Crippen molar-refractivity contribution in [3.8, 4) is 11.5 Å². The molecule has 2 nitrogen and oxygen atoms in total. The highest BCUT2D eigenvalue weighted by atomic mass is 16.5. The molecular formula is C17H18O2. The number of benzene rings is 2. The fourth-order valence-corrected chi connectivity index (χ4v) is 2.36. The summed E-state index contributed by atoms with van der Waals surface area (Å²) in [7, 11) is 0. The summed E-state index contributed by atoms with van der Waals surface area (Å²) in [6.45, 7) is 1.37. The molecule has 0 saturated carbocycles. The molecule has 0 spiro atoms. The molecule has 2 aromatic rings. The van der Waals surface area contributed by atoms with E-state index in [4.69, 9.17) is 9.47 Å². The van der Waals surface area contributed by atoms with Gasteiger partial charge >= 0.3 is 0 Å². The lowest BCUT2D eigenvalue weighted by Gasteiger charge is -2.13. The van der Waals surface area contributed by atoms with E-state index in [-0.39, 0.29) is 0 Å². The highest BCUT2D eigenvalue weighted by Crippen LogP contribution is 2.34. The van der Waals surface area contributed by atoms with Crippen LogP contribution < -0.4 is 9.47 Å². The maximum atomic E-state index is 5.92. The van der Waals surface area contributed by atoms with Crippen molar-refractivity contribution < 1.29 is 9.47 Å². The highest BCUT2D eigenvalue weighted by Gasteiger charge is 2.14. The summed E-state index contributed by atoms with van der Waals surface area (Å²) in [5.41, 5.74) is 2.44. The van der Waals surface area contributed by atoms with E-state index in [0.29, 0.717) is 6.61 Å². The van der Waals surface area contributed by atoms with Gasteiger partial charge in [-0.15, -0.1) is 0 Å². The standard InChI is InChI=1S/C17H18O2/c1-2-7-14(8-3-1)13-19-16-11-6-10-15-9-4-5-12-18-17(15)16/h1-3,6-8,10-11H,4-5,9,12-13H2. The quantitative estimate of drug-likeness (QED) is 0.824. The Balaban J connectivity index is 1.78. The van der Waals surface area contributed by atoms with Crippen molar-refractivity contribution in [3.63, 3.8) is 0 Å². The first-order chi connectivity index (χ1) is 9.43. The van der Waals surface area contributed by atoms with Gasteiger partial charge in [-0.25, -0.2) is 0 Å². The third-order valence-electron chi connectivity index (χ3n) is 3.38. The molecule has 2 aromatic carbocycles. The van der Waals surface area contributed by atoms with Crippen LogP contribution in [-0.2, 0) is 13.0 Å². The number of aryl methyl sites for hydroxylation is 1. The Bertz CT molecular complexity index is 534. The molecule has 0 radical (unpaired) electrons. The Morgan fingerprint density at radius 2 is 1.84 bits per heavy atom. The maximum absolute atomic E-state index is 5.92. The van der Waals surface area contributed by atoms with Gasteiger partial charge < -0.3 is 9.47 Å². The molecule has 0 bridgehead atoms. The number of para-hydroxylation sites is 1. The number of hydrogen-bond donors (Lipinski definition) is 0. The summed E-state index contributed by atoms with van der Waals surface area (Å²) in [6, 6.07) is 16.4. The average Bonchev–Trinajstić information content (AvgIpc) is 2.72. The van der Waals surface area contributed by atoms with E-state index in [1.165, 1.54) is 17.5 Å². The zero-order valence-electron chi connectivity index (χ0n) is 11.0. The lowest BCUT2D eigenvalue weighted by Crippen LogP contribution is -2.01. The molecule has 3 rings (SSSR count). The summed E-state index contributed by atoms with van der Waals surface area (Å²) in [6.07, 6.45) is 3.39. The van der Waals surface area contributed by atoms with Gasteiger partial charge in [0.2, 0.25) is 0 Å². The second-order valence-electron chi connectivity index (χ2n) is 4.82. The van der Waals surface area contributed by atoms with Crippen LogP contribution in [0, 0.1) is 0 Å². The minimum atomic E-state index is 0.584. The molecule has 0 N–H and O–H groups in total. The molecular weight excluding hydrogens is 236 g/mol. The van der Waals surface area contributed by atoms with Crippen LogP contribution in [0.25, 0.3) is 0 Å². The summed E-state index contributed by atoms with van der Waals surface area (Å²) in [5.74, 6) is 1.80. The van der Waals surface area contributed by atoms with Crippen LogP contribution in [-0.4, -0.2) is 6.61 Å². The van der Waals surface area contributed by atoms with Gasteiger partial charge in [0.15, 0.2) is 11.5 Å². The van der Waals surface area contributed by atoms with Crippen LogP contribution in [0.2, 0.25) is 0 Å². The predicted molar refractivity (Wildman–Crippen MR) is 75.6 cm³/mol. The maximum Gasteiger partial charge on any atom is 0.164 e. The van der Waals surface area contributed by atoms with Crippen molar-refractivity contribution >= 4 is 0 Å². The van der Waals surface area contributed by atoms with Gasteiger partial charge in [-0.3, -0.25) is 0 Å². The van der Waals surface area contributed by atoms with E-state index in [2.05, 4.69) is 18.2 Å². The monoisotopic (exact) mass is 254 g/mol. The zero-order chi connectivity index (χ0) is 12.9. The molecule has 0 saturated heterocycles. The van der Waals surface area contributed by atoms with Gasteiger partial charge in [-0.1, -0.05) is 42.5 Å². The molecule has 1 aliphatic rings. The smallest absolute Gasteiger partial charge is 0.164 e. The normalized spacial score (nSPS) is 14.1. The number of ether oxygens (including phenoxy) is 2. The van der Waals surface area contributed by atoms with Crippen molar-refractivity contribution in [3.05, 3.63) is 59.7 Å². The second-order valence-corrected chi connectivity index (χ2v) is 4.82. The molecule has 0 aromatic heterocycles. The summed E-state index contributed by atoms with van der Waals surface area (Å²) < 4.78 is 11.8. The lowest BCUT2D eigenvalue weighted by molar-refractivity contribution is 0.262. The van der Waals surface area contributed by atoms with Crippen LogP contribution in [0.5, 0.6) is 11.5 Å². The molecule has 1 aliphatic heterocycles. The van der Waals surface area contributed by atoms with E-state index in [1.54, 1.807) is 0 Å². The highest BCUT2D eigenvalue weighted by molar-refractivity contribution is 5.47. The average molecular weight is 254 g/mol. The van der Waals surface area contributed by atoms with Crippen LogP contribution in [0.3, 0.4) is 0 Å². The summed E-state index contributed by atoms with van der Waals surface area (Å²) in [5, 5.41) is 0. The molecule has 19 heavy (non-hydrogen) atoms. The predicted octanol–water partition coefficient (Wildman–Crippen LogP) is 3.98. The van der Waals surface area contributed by atoms with E-state index in [1.807, 2.05) is 30.3 Å². The van der Waals surface area contributed by atoms with E-state index >= 15 is 0 Å². The van der Waals surface area contributed by atoms with E-state index in [9.17, 15) is 0 Å². The summed E-state index contributed by atoms with van der Waals surface area (Å²) in [4.78, 5) is 0. The first-order valence-corrected chi connectivity index (χ1v) is 6.85. The third-order valence-corrected chi connectivity index (χ3v) is 3.38. The Kier molecular flexibility index (Phi) is 3.68. The van der Waals surface area contributed by atoms with Crippen molar-refractivity contribution in [2.75, 3.05) is 6.61 Å². The summed E-state index contributed by atoms with van der Waals surface area (Å²) >= 11 is 0. The van der Waals surface area contributed by atoms with Gasteiger partial charge in [0, 0.05) is 0 Å². The fraction of sp³-hybridized carbons (Fsp3) is 0.294. The van der Waals surface area contributed by atoms with Crippen molar-refractivity contribution in [1.29, 1.82) is 0 Å². The number of fused-ring (bicyclic) bond motifs is 1. The molecule has 1 heterocycles.